The van der Waals surface area contributed by atoms with Crippen LogP contribution in [-0.2, 0) is 15.0 Å². The van der Waals surface area contributed by atoms with Crippen molar-refractivity contribution in [3.05, 3.63) is 80.5 Å². The quantitative estimate of drug-likeness (QED) is 0.159. The Morgan fingerprint density at radius 1 is 1.16 bits per heavy atom. The Hall–Kier alpha value is -3.20. The van der Waals surface area contributed by atoms with E-state index in [4.69, 9.17) is 16.3 Å². The SMILES string of the molecule is CCOc1ccc(/C(O)=C2\C(=O)C(=O)N(c3nc4ccc(Cl)cc4s3)C2c2cccs2)cc1C(C)(C)C. The van der Waals surface area contributed by atoms with E-state index in [1.807, 2.05) is 30.5 Å². The number of nitrogens with zero attached hydrogens (tertiary/aromatic N) is 2. The molecule has 0 saturated carbocycles. The highest BCUT2D eigenvalue weighted by molar-refractivity contribution is 7.22. The number of aromatic nitrogens is 1. The summed E-state index contributed by atoms with van der Waals surface area (Å²) >= 11 is 8.84. The van der Waals surface area contributed by atoms with Crippen LogP contribution in [0.3, 0.4) is 0 Å². The molecule has 1 fully saturated rings. The van der Waals surface area contributed by atoms with Crippen molar-refractivity contribution in [1.29, 1.82) is 0 Å². The minimum Gasteiger partial charge on any atom is -0.507 e. The molecule has 2 aromatic carbocycles. The number of thiazole rings is 1. The number of fused-ring (bicyclic) bond motifs is 1. The summed E-state index contributed by atoms with van der Waals surface area (Å²) in [6.45, 7) is 8.58. The second-order valence-electron chi connectivity index (χ2n) is 9.69. The number of Topliss-reactive ketones (excluding diaryl/α,β-unsaturated/α-hetero) is 1. The van der Waals surface area contributed by atoms with E-state index in [2.05, 4.69) is 25.8 Å². The van der Waals surface area contributed by atoms with E-state index >= 15 is 0 Å². The molecule has 37 heavy (non-hydrogen) atoms. The molecule has 6 nitrogen and oxygen atoms in total. The predicted octanol–water partition coefficient (Wildman–Crippen LogP) is 7.33. The van der Waals surface area contributed by atoms with Crippen LogP contribution in [0, 0.1) is 0 Å². The molecule has 9 heteroatoms. The number of thiophene rings is 1. The van der Waals surface area contributed by atoms with Gasteiger partial charge < -0.3 is 9.84 Å². The topological polar surface area (TPSA) is 79.7 Å². The van der Waals surface area contributed by atoms with Gasteiger partial charge in [0.15, 0.2) is 5.13 Å². The van der Waals surface area contributed by atoms with Crippen LogP contribution in [0.4, 0.5) is 5.13 Å². The van der Waals surface area contributed by atoms with Crippen LogP contribution in [0.2, 0.25) is 5.02 Å². The van der Waals surface area contributed by atoms with Crippen LogP contribution in [0.5, 0.6) is 5.75 Å². The van der Waals surface area contributed by atoms with Gasteiger partial charge in [-0.1, -0.05) is 49.8 Å². The fourth-order valence-corrected chi connectivity index (χ4v) is 6.53. The van der Waals surface area contributed by atoms with Gasteiger partial charge in [0.25, 0.3) is 5.78 Å². The summed E-state index contributed by atoms with van der Waals surface area (Å²) in [5.74, 6) is -0.988. The van der Waals surface area contributed by atoms with E-state index in [1.165, 1.54) is 27.6 Å². The third kappa shape index (κ3) is 4.54. The highest BCUT2D eigenvalue weighted by atomic mass is 35.5. The van der Waals surface area contributed by atoms with Crippen LogP contribution in [0.1, 0.15) is 49.7 Å². The molecule has 0 aliphatic carbocycles. The van der Waals surface area contributed by atoms with Gasteiger partial charge in [-0.25, -0.2) is 4.98 Å². The van der Waals surface area contributed by atoms with Crippen LogP contribution in [0.15, 0.2) is 59.5 Å². The van der Waals surface area contributed by atoms with Gasteiger partial charge in [0.2, 0.25) is 0 Å². The molecule has 0 spiro atoms. The third-order valence-electron chi connectivity index (χ3n) is 6.16. The molecule has 0 radical (unpaired) electrons. The normalized spacial score (nSPS) is 17.6. The largest absolute Gasteiger partial charge is 0.507 e. The van der Waals surface area contributed by atoms with E-state index < -0.39 is 17.7 Å². The van der Waals surface area contributed by atoms with E-state index in [9.17, 15) is 14.7 Å². The molecular weight excluding hydrogens is 528 g/mol. The van der Waals surface area contributed by atoms with Crippen molar-refractivity contribution in [2.75, 3.05) is 11.5 Å². The fraction of sp³-hybridized carbons (Fsp3) is 0.250. The second-order valence-corrected chi connectivity index (χ2v) is 12.1. The average Bonchev–Trinajstić information content (AvgIpc) is 3.57. The number of halogens is 1. The maximum absolute atomic E-state index is 13.5. The molecule has 1 unspecified atom stereocenters. The van der Waals surface area contributed by atoms with Crippen molar-refractivity contribution in [3.63, 3.8) is 0 Å². The van der Waals surface area contributed by atoms with Crippen molar-refractivity contribution in [1.82, 2.24) is 4.98 Å². The molecule has 0 bridgehead atoms. The number of carbonyl (C=O) groups excluding carboxylic acids is 2. The molecule has 1 atom stereocenters. The number of aliphatic hydroxyl groups excluding tert-OH is 1. The van der Waals surface area contributed by atoms with Gasteiger partial charge in [0.05, 0.1) is 22.4 Å². The maximum atomic E-state index is 13.5. The van der Waals surface area contributed by atoms with E-state index in [0.717, 1.165) is 20.9 Å². The van der Waals surface area contributed by atoms with Gasteiger partial charge in [-0.2, -0.15) is 0 Å². The number of ketones is 1. The summed E-state index contributed by atoms with van der Waals surface area (Å²) in [5.41, 5.74) is 1.78. The molecule has 5 rings (SSSR count). The van der Waals surface area contributed by atoms with Crippen LogP contribution >= 0.6 is 34.3 Å². The Bertz CT molecular complexity index is 1550. The Kier molecular flexibility index (Phi) is 6.60. The molecular formula is C28H25ClN2O4S2. The first-order valence-corrected chi connectivity index (χ1v) is 13.9. The molecule has 4 aromatic rings. The molecule has 1 aliphatic rings. The number of hydrogen-bond acceptors (Lipinski definition) is 7. The van der Waals surface area contributed by atoms with Crippen molar-refractivity contribution in [2.24, 2.45) is 0 Å². The lowest BCUT2D eigenvalue weighted by molar-refractivity contribution is -0.132. The highest BCUT2D eigenvalue weighted by Gasteiger charge is 2.48. The minimum atomic E-state index is -0.805. The van der Waals surface area contributed by atoms with Crippen molar-refractivity contribution < 1.29 is 19.4 Å². The van der Waals surface area contributed by atoms with E-state index in [0.29, 0.717) is 27.8 Å². The molecule has 2 aromatic heterocycles. The summed E-state index contributed by atoms with van der Waals surface area (Å²) in [6, 6.07) is 13.5. The Labute approximate surface area is 227 Å². The average molecular weight is 553 g/mol. The van der Waals surface area contributed by atoms with Gasteiger partial charge >= 0.3 is 5.91 Å². The lowest BCUT2D eigenvalue weighted by Crippen LogP contribution is -2.28. The van der Waals surface area contributed by atoms with Crippen molar-refractivity contribution in [2.45, 2.75) is 39.2 Å². The summed E-state index contributed by atoms with van der Waals surface area (Å²) in [5, 5.41) is 14.3. The number of anilines is 1. The minimum absolute atomic E-state index is 0.0359. The number of amides is 1. The summed E-state index contributed by atoms with van der Waals surface area (Å²) in [4.78, 5) is 33.6. The number of aliphatic hydroxyl groups is 1. The smallest absolute Gasteiger partial charge is 0.301 e. The first kappa shape index (κ1) is 25.4. The Balaban J connectivity index is 1.69. The Morgan fingerprint density at radius 3 is 2.62 bits per heavy atom. The highest BCUT2D eigenvalue weighted by Crippen LogP contribution is 2.46. The third-order valence-corrected chi connectivity index (χ3v) is 8.34. The maximum Gasteiger partial charge on any atom is 0.301 e. The van der Waals surface area contributed by atoms with Crippen LogP contribution < -0.4 is 9.64 Å². The second kappa shape index (κ2) is 9.59. The Morgan fingerprint density at radius 2 is 1.95 bits per heavy atom. The zero-order chi connectivity index (χ0) is 26.5. The van der Waals surface area contributed by atoms with Crippen molar-refractivity contribution >= 4 is 67.1 Å². The monoisotopic (exact) mass is 552 g/mol. The first-order valence-electron chi connectivity index (χ1n) is 11.8. The number of rotatable bonds is 5. The zero-order valence-corrected chi connectivity index (χ0v) is 23.1. The van der Waals surface area contributed by atoms with Gasteiger partial charge in [0, 0.05) is 21.0 Å². The fourth-order valence-electron chi connectivity index (χ4n) is 4.44. The molecule has 1 N–H and O–H groups in total. The van der Waals surface area contributed by atoms with Gasteiger partial charge in [0.1, 0.15) is 17.6 Å². The molecule has 3 heterocycles. The number of ether oxygens (including phenoxy) is 1. The van der Waals surface area contributed by atoms with Crippen LogP contribution in [0.25, 0.3) is 16.0 Å². The number of hydrogen-bond donors (Lipinski definition) is 1. The lowest BCUT2D eigenvalue weighted by Gasteiger charge is -2.24. The summed E-state index contributed by atoms with van der Waals surface area (Å²) < 4.78 is 6.61. The zero-order valence-electron chi connectivity index (χ0n) is 20.7. The van der Waals surface area contributed by atoms with Crippen LogP contribution in [-0.4, -0.2) is 28.4 Å². The molecule has 1 amide bonds. The van der Waals surface area contributed by atoms with Gasteiger partial charge in [-0.05, 0) is 60.2 Å². The van der Waals surface area contributed by atoms with E-state index in [1.54, 1.807) is 30.3 Å². The van der Waals surface area contributed by atoms with E-state index in [-0.39, 0.29) is 16.7 Å². The predicted molar refractivity (Wildman–Crippen MR) is 150 cm³/mol. The number of benzene rings is 2. The van der Waals surface area contributed by atoms with Gasteiger partial charge in [-0.3, -0.25) is 14.5 Å². The molecule has 190 valence electrons. The molecule has 1 saturated heterocycles. The standard InChI is InChI=1S/C28H25ClN2O4S2/c1-5-35-19-11-8-15(13-17(19)28(2,3)4)24(32)22-23(20-7-6-12-36-20)31(26(34)25(22)33)27-30-18-10-9-16(29)14-21(18)37-27/h6-14,23,32H,5H2,1-4H3/b24-22+. The first-order chi connectivity index (χ1) is 17.6. The summed E-state index contributed by atoms with van der Waals surface area (Å²) in [7, 11) is 0. The van der Waals surface area contributed by atoms with Gasteiger partial charge in [-0.15, -0.1) is 11.3 Å². The summed E-state index contributed by atoms with van der Waals surface area (Å²) in [6.07, 6.45) is 0. The van der Waals surface area contributed by atoms with Crippen molar-refractivity contribution in [3.8, 4) is 5.75 Å². The number of carbonyl (C=O) groups is 2. The molecule has 1 aliphatic heterocycles. The lowest BCUT2D eigenvalue weighted by atomic mass is 9.84.